The Kier molecular flexibility index (Phi) is 3.14. The average Bonchev–Trinajstić information content (AvgIpc) is 2.80. The summed E-state index contributed by atoms with van der Waals surface area (Å²) in [5, 5.41) is 7.30. The standard InChI is InChI=1S/C14H17N3OS/c1-9(2)17-13(15-16-14(17)19)11-7-10-5-3-4-6-12(10)18-8-11/h3-6,9,11H,7-8H2,1-2H3,(H,16,19). The highest BCUT2D eigenvalue weighted by molar-refractivity contribution is 7.71. The maximum Gasteiger partial charge on any atom is 0.195 e. The number of rotatable bonds is 2. The van der Waals surface area contributed by atoms with E-state index >= 15 is 0 Å². The van der Waals surface area contributed by atoms with E-state index < -0.39 is 0 Å². The molecule has 0 radical (unpaired) electrons. The summed E-state index contributed by atoms with van der Waals surface area (Å²) < 4.78 is 8.60. The number of nitrogens with zero attached hydrogens (tertiary/aromatic N) is 2. The molecule has 1 aliphatic rings. The Morgan fingerprint density at radius 3 is 3.00 bits per heavy atom. The molecule has 0 saturated carbocycles. The minimum Gasteiger partial charge on any atom is -0.493 e. The van der Waals surface area contributed by atoms with Crippen molar-refractivity contribution in [2.75, 3.05) is 6.61 Å². The molecule has 1 aliphatic heterocycles. The molecule has 1 atom stereocenters. The van der Waals surface area contributed by atoms with E-state index in [1.807, 2.05) is 18.2 Å². The zero-order chi connectivity index (χ0) is 13.4. The van der Waals surface area contributed by atoms with Gasteiger partial charge in [0.15, 0.2) is 4.77 Å². The van der Waals surface area contributed by atoms with Crippen molar-refractivity contribution in [1.82, 2.24) is 14.8 Å². The number of nitrogens with one attached hydrogen (secondary N) is 1. The van der Waals surface area contributed by atoms with Crippen LogP contribution in [-0.2, 0) is 6.42 Å². The highest BCUT2D eigenvalue weighted by atomic mass is 32.1. The molecule has 5 heteroatoms. The van der Waals surface area contributed by atoms with Crippen molar-refractivity contribution >= 4 is 12.2 Å². The van der Waals surface area contributed by atoms with Crippen LogP contribution in [-0.4, -0.2) is 21.4 Å². The van der Waals surface area contributed by atoms with Gasteiger partial charge in [-0.05, 0) is 44.1 Å². The van der Waals surface area contributed by atoms with Crippen LogP contribution in [0.3, 0.4) is 0 Å². The lowest BCUT2D eigenvalue weighted by Crippen LogP contribution is -2.23. The second-order valence-corrected chi connectivity index (χ2v) is 5.56. The smallest absolute Gasteiger partial charge is 0.195 e. The third kappa shape index (κ3) is 2.18. The van der Waals surface area contributed by atoms with E-state index in [4.69, 9.17) is 17.0 Å². The van der Waals surface area contributed by atoms with Crippen molar-refractivity contribution in [2.24, 2.45) is 0 Å². The van der Waals surface area contributed by atoms with Crippen LogP contribution in [0.15, 0.2) is 24.3 Å². The van der Waals surface area contributed by atoms with Gasteiger partial charge < -0.3 is 9.30 Å². The molecule has 0 fully saturated rings. The van der Waals surface area contributed by atoms with E-state index in [-0.39, 0.29) is 5.92 Å². The van der Waals surface area contributed by atoms with E-state index in [2.05, 4.69) is 34.7 Å². The molecule has 1 unspecified atom stereocenters. The van der Waals surface area contributed by atoms with E-state index in [0.717, 1.165) is 18.0 Å². The molecular weight excluding hydrogens is 258 g/mol. The van der Waals surface area contributed by atoms with E-state index in [0.29, 0.717) is 17.4 Å². The fraction of sp³-hybridized carbons (Fsp3) is 0.429. The maximum atomic E-state index is 5.83. The van der Waals surface area contributed by atoms with Crippen LogP contribution in [0.5, 0.6) is 5.75 Å². The number of aromatic nitrogens is 3. The summed E-state index contributed by atoms with van der Waals surface area (Å²) in [6, 6.07) is 8.49. The molecule has 1 N–H and O–H groups in total. The topological polar surface area (TPSA) is 42.8 Å². The molecule has 0 aliphatic carbocycles. The van der Waals surface area contributed by atoms with Crippen LogP contribution in [0, 0.1) is 4.77 Å². The molecular formula is C14H17N3OS. The second-order valence-electron chi connectivity index (χ2n) is 5.17. The highest BCUT2D eigenvalue weighted by Gasteiger charge is 2.26. The summed E-state index contributed by atoms with van der Waals surface area (Å²) in [4.78, 5) is 0. The molecule has 0 amide bonds. The van der Waals surface area contributed by atoms with E-state index in [1.54, 1.807) is 0 Å². The van der Waals surface area contributed by atoms with Crippen LogP contribution in [0.25, 0.3) is 0 Å². The second kappa shape index (κ2) is 4.81. The Morgan fingerprint density at radius 2 is 2.21 bits per heavy atom. The van der Waals surface area contributed by atoms with Crippen LogP contribution in [0.4, 0.5) is 0 Å². The highest BCUT2D eigenvalue weighted by Crippen LogP contribution is 2.32. The summed E-state index contributed by atoms with van der Waals surface area (Å²) in [6.07, 6.45) is 0.947. The number of ether oxygens (including phenoxy) is 1. The lowest BCUT2D eigenvalue weighted by molar-refractivity contribution is 0.253. The van der Waals surface area contributed by atoms with Crippen molar-refractivity contribution in [3.8, 4) is 5.75 Å². The number of hydrogen-bond acceptors (Lipinski definition) is 3. The first-order valence-electron chi connectivity index (χ1n) is 6.54. The third-order valence-corrected chi connectivity index (χ3v) is 3.78. The van der Waals surface area contributed by atoms with Crippen LogP contribution >= 0.6 is 12.2 Å². The molecule has 0 bridgehead atoms. The van der Waals surface area contributed by atoms with Gasteiger partial charge in [-0.1, -0.05) is 18.2 Å². The molecule has 0 saturated heterocycles. The van der Waals surface area contributed by atoms with Gasteiger partial charge in [0.05, 0.1) is 12.5 Å². The minimum atomic E-state index is 0.255. The number of benzene rings is 1. The number of fused-ring (bicyclic) bond motifs is 1. The predicted octanol–water partition coefficient (Wildman–Crippen LogP) is 3.24. The van der Waals surface area contributed by atoms with Crippen LogP contribution in [0.1, 0.15) is 37.2 Å². The molecule has 0 spiro atoms. The maximum absolute atomic E-state index is 5.83. The summed E-state index contributed by atoms with van der Waals surface area (Å²) in [6.45, 7) is 4.89. The van der Waals surface area contributed by atoms with Crippen molar-refractivity contribution in [3.05, 3.63) is 40.4 Å². The van der Waals surface area contributed by atoms with Gasteiger partial charge in [0.25, 0.3) is 0 Å². The number of para-hydroxylation sites is 1. The fourth-order valence-corrected chi connectivity index (χ4v) is 2.95. The van der Waals surface area contributed by atoms with Gasteiger partial charge in [-0.2, -0.15) is 5.10 Å². The third-order valence-electron chi connectivity index (χ3n) is 3.49. The lowest BCUT2D eigenvalue weighted by atomic mass is 9.96. The van der Waals surface area contributed by atoms with Crippen LogP contribution in [0.2, 0.25) is 0 Å². The Labute approximate surface area is 117 Å². The van der Waals surface area contributed by atoms with Gasteiger partial charge >= 0.3 is 0 Å². The number of aromatic amines is 1. The van der Waals surface area contributed by atoms with E-state index in [1.165, 1.54) is 5.56 Å². The first kappa shape index (κ1) is 12.4. The Hall–Kier alpha value is -1.62. The van der Waals surface area contributed by atoms with Crippen molar-refractivity contribution < 1.29 is 4.74 Å². The molecule has 100 valence electrons. The average molecular weight is 275 g/mol. The first-order chi connectivity index (χ1) is 9.16. The monoisotopic (exact) mass is 275 g/mol. The van der Waals surface area contributed by atoms with Gasteiger partial charge in [-0.3, -0.25) is 5.10 Å². The Bertz CT molecular complexity index is 644. The minimum absolute atomic E-state index is 0.255. The fourth-order valence-electron chi connectivity index (χ4n) is 2.60. The molecule has 2 aromatic rings. The zero-order valence-corrected chi connectivity index (χ0v) is 11.9. The summed E-state index contributed by atoms with van der Waals surface area (Å²) in [5.74, 6) is 2.24. The van der Waals surface area contributed by atoms with Crippen molar-refractivity contribution in [3.63, 3.8) is 0 Å². The quantitative estimate of drug-likeness (QED) is 0.856. The first-order valence-corrected chi connectivity index (χ1v) is 6.95. The van der Waals surface area contributed by atoms with Gasteiger partial charge in [-0.15, -0.1) is 0 Å². The molecule has 1 aromatic carbocycles. The SMILES string of the molecule is CC(C)n1c(C2COc3ccccc3C2)n[nH]c1=S. The predicted molar refractivity (Wildman–Crippen MR) is 76.2 cm³/mol. The van der Waals surface area contributed by atoms with E-state index in [9.17, 15) is 0 Å². The molecule has 4 nitrogen and oxygen atoms in total. The molecule has 19 heavy (non-hydrogen) atoms. The number of hydrogen-bond donors (Lipinski definition) is 1. The molecule has 1 aromatic heterocycles. The Balaban J connectivity index is 1.96. The summed E-state index contributed by atoms with van der Waals surface area (Å²) in [7, 11) is 0. The van der Waals surface area contributed by atoms with Gasteiger partial charge in [0.1, 0.15) is 11.6 Å². The number of H-pyrrole nitrogens is 1. The molecule has 3 rings (SSSR count). The van der Waals surface area contributed by atoms with Crippen LogP contribution < -0.4 is 4.74 Å². The summed E-state index contributed by atoms with van der Waals surface area (Å²) >= 11 is 5.30. The molecule has 2 heterocycles. The Morgan fingerprint density at radius 1 is 1.42 bits per heavy atom. The zero-order valence-electron chi connectivity index (χ0n) is 11.1. The summed E-state index contributed by atoms with van der Waals surface area (Å²) in [5.41, 5.74) is 1.24. The van der Waals surface area contributed by atoms with Gasteiger partial charge in [-0.25, -0.2) is 0 Å². The normalized spacial score (nSPS) is 18.2. The van der Waals surface area contributed by atoms with Gasteiger partial charge in [0, 0.05) is 6.04 Å². The van der Waals surface area contributed by atoms with Crippen molar-refractivity contribution in [1.29, 1.82) is 0 Å². The van der Waals surface area contributed by atoms with Crippen molar-refractivity contribution in [2.45, 2.75) is 32.2 Å². The van der Waals surface area contributed by atoms with Gasteiger partial charge in [0.2, 0.25) is 0 Å². The largest absolute Gasteiger partial charge is 0.493 e. The lowest BCUT2D eigenvalue weighted by Gasteiger charge is -2.25.